The summed E-state index contributed by atoms with van der Waals surface area (Å²) in [5, 5.41) is 6.57. The van der Waals surface area contributed by atoms with Gasteiger partial charge in [0, 0.05) is 45.0 Å². The first kappa shape index (κ1) is 21.1. The average molecular weight is 381 g/mol. The number of hydrogen-bond acceptors (Lipinski definition) is 6. The van der Waals surface area contributed by atoms with Crippen LogP contribution in [0.2, 0.25) is 0 Å². The van der Waals surface area contributed by atoms with Crippen LogP contribution in [0.3, 0.4) is 0 Å². The molecule has 0 saturated carbocycles. The van der Waals surface area contributed by atoms with Gasteiger partial charge in [-0.1, -0.05) is 0 Å². The van der Waals surface area contributed by atoms with Gasteiger partial charge in [-0.25, -0.2) is 0 Å². The molecule has 1 unspecified atom stereocenters. The van der Waals surface area contributed by atoms with Crippen LogP contribution in [0.5, 0.6) is 17.2 Å². The molecular formula is C19H31N3O5. The first-order valence-electron chi connectivity index (χ1n) is 9.14. The van der Waals surface area contributed by atoms with Gasteiger partial charge in [-0.05, 0) is 18.9 Å². The number of ether oxygens (including phenoxy) is 5. The summed E-state index contributed by atoms with van der Waals surface area (Å²) in [7, 11) is 6.59. The number of nitrogens with zero attached hydrogens (tertiary/aromatic N) is 1. The quantitative estimate of drug-likeness (QED) is 0.362. The molecule has 2 N–H and O–H groups in total. The molecule has 27 heavy (non-hydrogen) atoms. The highest BCUT2D eigenvalue weighted by atomic mass is 16.5. The highest BCUT2D eigenvalue weighted by Crippen LogP contribution is 2.34. The Labute approximate surface area is 161 Å². The molecule has 1 atom stereocenters. The lowest BCUT2D eigenvalue weighted by Gasteiger charge is -2.16. The molecule has 1 aliphatic heterocycles. The van der Waals surface area contributed by atoms with Gasteiger partial charge in [0.1, 0.15) is 5.75 Å². The predicted octanol–water partition coefficient (Wildman–Crippen LogP) is 1.57. The van der Waals surface area contributed by atoms with E-state index in [4.69, 9.17) is 23.7 Å². The molecule has 0 bridgehead atoms. The highest BCUT2D eigenvalue weighted by Gasteiger charge is 2.15. The van der Waals surface area contributed by atoms with Gasteiger partial charge >= 0.3 is 0 Å². The minimum Gasteiger partial charge on any atom is -0.496 e. The molecule has 1 fully saturated rings. The van der Waals surface area contributed by atoms with Crippen LogP contribution in [0.1, 0.15) is 18.4 Å². The maximum Gasteiger partial charge on any atom is 0.191 e. The molecule has 152 valence electrons. The third kappa shape index (κ3) is 6.48. The lowest BCUT2D eigenvalue weighted by Crippen LogP contribution is -2.37. The Hall–Kier alpha value is -2.19. The van der Waals surface area contributed by atoms with Gasteiger partial charge in [-0.2, -0.15) is 0 Å². The van der Waals surface area contributed by atoms with Crippen LogP contribution in [0.4, 0.5) is 0 Å². The minimum atomic E-state index is 0.250. The van der Waals surface area contributed by atoms with E-state index in [2.05, 4.69) is 15.6 Å². The van der Waals surface area contributed by atoms with E-state index in [1.807, 2.05) is 12.1 Å². The summed E-state index contributed by atoms with van der Waals surface area (Å²) < 4.78 is 27.2. The number of guanidine groups is 1. The van der Waals surface area contributed by atoms with E-state index < -0.39 is 0 Å². The second-order valence-electron chi connectivity index (χ2n) is 6.08. The minimum absolute atomic E-state index is 0.250. The summed E-state index contributed by atoms with van der Waals surface area (Å²) in [6.07, 6.45) is 2.14. The molecule has 0 aliphatic carbocycles. The van der Waals surface area contributed by atoms with Crippen molar-refractivity contribution in [3.8, 4) is 17.2 Å². The molecule has 0 aromatic heterocycles. The predicted molar refractivity (Wildman–Crippen MR) is 104 cm³/mol. The van der Waals surface area contributed by atoms with Crippen molar-refractivity contribution in [2.45, 2.75) is 25.5 Å². The molecule has 1 heterocycles. The maximum atomic E-state index is 5.76. The Kier molecular flexibility index (Phi) is 9.00. The highest BCUT2D eigenvalue weighted by molar-refractivity contribution is 5.79. The Balaban J connectivity index is 1.79. The van der Waals surface area contributed by atoms with Crippen molar-refractivity contribution in [2.75, 3.05) is 54.7 Å². The number of rotatable bonds is 10. The number of benzene rings is 1. The Morgan fingerprint density at radius 3 is 2.48 bits per heavy atom. The zero-order chi connectivity index (χ0) is 19.5. The number of methoxy groups -OCH3 is 3. The lowest BCUT2D eigenvalue weighted by molar-refractivity contribution is 0.0420. The van der Waals surface area contributed by atoms with E-state index in [0.29, 0.717) is 31.3 Å². The normalized spacial score (nSPS) is 16.9. The SMILES string of the molecule is CN=C(NCCCOC1CCOC1)NCc1cc(OC)c(OC)cc1OC. The van der Waals surface area contributed by atoms with Gasteiger partial charge in [0.25, 0.3) is 0 Å². The smallest absolute Gasteiger partial charge is 0.191 e. The van der Waals surface area contributed by atoms with Gasteiger partial charge in [-0.3, -0.25) is 4.99 Å². The fourth-order valence-corrected chi connectivity index (χ4v) is 2.80. The van der Waals surface area contributed by atoms with Gasteiger partial charge < -0.3 is 34.3 Å². The summed E-state index contributed by atoms with van der Waals surface area (Å²) in [6.45, 7) is 3.54. The zero-order valence-corrected chi connectivity index (χ0v) is 16.7. The fourth-order valence-electron chi connectivity index (χ4n) is 2.80. The van der Waals surface area contributed by atoms with Crippen molar-refractivity contribution in [1.29, 1.82) is 0 Å². The second-order valence-corrected chi connectivity index (χ2v) is 6.08. The standard InChI is InChI=1S/C19H31N3O5/c1-20-19(21-7-5-8-27-15-6-9-26-13-15)22-12-14-10-17(24-3)18(25-4)11-16(14)23-2/h10-11,15H,5-9,12-13H2,1-4H3,(H2,20,21,22). The third-order valence-electron chi connectivity index (χ3n) is 4.31. The number of aliphatic imine (C=N–C) groups is 1. The van der Waals surface area contributed by atoms with Crippen molar-refractivity contribution in [3.05, 3.63) is 17.7 Å². The van der Waals surface area contributed by atoms with Crippen molar-refractivity contribution < 1.29 is 23.7 Å². The molecule has 1 saturated heterocycles. The van der Waals surface area contributed by atoms with Gasteiger partial charge in [0.15, 0.2) is 17.5 Å². The van der Waals surface area contributed by atoms with Gasteiger partial charge in [-0.15, -0.1) is 0 Å². The Morgan fingerprint density at radius 2 is 1.85 bits per heavy atom. The van der Waals surface area contributed by atoms with Crippen molar-refractivity contribution in [1.82, 2.24) is 10.6 Å². The fraction of sp³-hybridized carbons (Fsp3) is 0.632. The molecule has 8 heteroatoms. The van der Waals surface area contributed by atoms with E-state index in [9.17, 15) is 0 Å². The summed E-state index contributed by atoms with van der Waals surface area (Å²) in [4.78, 5) is 4.25. The van der Waals surface area contributed by atoms with Crippen LogP contribution >= 0.6 is 0 Å². The number of nitrogens with one attached hydrogen (secondary N) is 2. The lowest BCUT2D eigenvalue weighted by atomic mass is 10.1. The Morgan fingerprint density at radius 1 is 1.11 bits per heavy atom. The van der Waals surface area contributed by atoms with Crippen LogP contribution in [0, 0.1) is 0 Å². The zero-order valence-electron chi connectivity index (χ0n) is 16.7. The van der Waals surface area contributed by atoms with E-state index in [1.165, 1.54) is 0 Å². The van der Waals surface area contributed by atoms with Crippen LogP contribution in [0.15, 0.2) is 17.1 Å². The van der Waals surface area contributed by atoms with Crippen molar-refractivity contribution >= 4 is 5.96 Å². The summed E-state index contributed by atoms with van der Waals surface area (Å²) in [5.74, 6) is 2.73. The van der Waals surface area contributed by atoms with Crippen molar-refractivity contribution in [3.63, 3.8) is 0 Å². The monoisotopic (exact) mass is 381 g/mol. The molecule has 1 aromatic rings. The molecule has 2 rings (SSSR count). The second kappa shape index (κ2) is 11.5. The van der Waals surface area contributed by atoms with Crippen molar-refractivity contribution in [2.24, 2.45) is 4.99 Å². The van der Waals surface area contributed by atoms with Gasteiger partial charge in [0.2, 0.25) is 0 Å². The molecule has 1 aromatic carbocycles. The summed E-state index contributed by atoms with van der Waals surface area (Å²) in [5.41, 5.74) is 0.947. The van der Waals surface area contributed by atoms with E-state index in [0.717, 1.165) is 43.3 Å². The molecule has 0 radical (unpaired) electrons. The summed E-state index contributed by atoms with van der Waals surface area (Å²) >= 11 is 0. The van der Waals surface area contributed by atoms with Crippen LogP contribution in [-0.4, -0.2) is 66.8 Å². The van der Waals surface area contributed by atoms with E-state index in [1.54, 1.807) is 28.4 Å². The Bertz CT molecular complexity index is 603. The number of hydrogen-bond donors (Lipinski definition) is 2. The summed E-state index contributed by atoms with van der Waals surface area (Å²) in [6, 6.07) is 3.71. The average Bonchev–Trinajstić information content (AvgIpc) is 3.22. The largest absolute Gasteiger partial charge is 0.496 e. The van der Waals surface area contributed by atoms with E-state index in [-0.39, 0.29) is 6.10 Å². The van der Waals surface area contributed by atoms with Gasteiger partial charge in [0.05, 0.1) is 34.0 Å². The third-order valence-corrected chi connectivity index (χ3v) is 4.31. The topological polar surface area (TPSA) is 82.6 Å². The van der Waals surface area contributed by atoms with Crippen LogP contribution in [-0.2, 0) is 16.0 Å². The molecule has 1 aliphatic rings. The first-order valence-corrected chi connectivity index (χ1v) is 9.14. The van der Waals surface area contributed by atoms with Crippen LogP contribution < -0.4 is 24.8 Å². The first-order chi connectivity index (χ1) is 13.2. The molecule has 0 amide bonds. The molecule has 0 spiro atoms. The van der Waals surface area contributed by atoms with E-state index >= 15 is 0 Å². The maximum absolute atomic E-state index is 5.76. The van der Waals surface area contributed by atoms with Crippen LogP contribution in [0.25, 0.3) is 0 Å². The molecular weight excluding hydrogens is 350 g/mol. The molecule has 8 nitrogen and oxygen atoms in total.